The molecule has 0 bridgehead atoms. The maximum atomic E-state index is 13.5. The first-order valence-electron chi connectivity index (χ1n) is 13.1. The summed E-state index contributed by atoms with van der Waals surface area (Å²) in [6.07, 6.45) is 5.09. The fourth-order valence-electron chi connectivity index (χ4n) is 4.44. The number of fused-ring (bicyclic) bond motifs is 1. The van der Waals surface area contributed by atoms with E-state index in [-0.39, 0.29) is 23.2 Å². The van der Waals surface area contributed by atoms with E-state index < -0.39 is 5.54 Å². The van der Waals surface area contributed by atoms with Crippen LogP contribution < -0.4 is 10.6 Å². The van der Waals surface area contributed by atoms with Crippen molar-refractivity contribution in [1.29, 1.82) is 0 Å². The van der Waals surface area contributed by atoms with E-state index in [1.165, 1.54) is 12.1 Å². The van der Waals surface area contributed by atoms with Gasteiger partial charge in [0.05, 0.1) is 12.6 Å². The molecule has 2 amide bonds. The average Bonchev–Trinajstić information content (AvgIpc) is 3.36. The lowest BCUT2D eigenvalue weighted by molar-refractivity contribution is -0.118. The number of amides is 2. The van der Waals surface area contributed by atoms with Gasteiger partial charge in [0.15, 0.2) is 0 Å². The summed E-state index contributed by atoms with van der Waals surface area (Å²) >= 11 is 0. The molecule has 2 aromatic heterocycles. The van der Waals surface area contributed by atoms with Gasteiger partial charge in [0.2, 0.25) is 0 Å². The van der Waals surface area contributed by atoms with Gasteiger partial charge in [0.1, 0.15) is 28.6 Å². The van der Waals surface area contributed by atoms with Gasteiger partial charge >= 0.3 is 0 Å². The molecule has 2 heterocycles. The number of ether oxygens (including phenoxy) is 1. The maximum Gasteiger partial charge on any atom is 0.270 e. The molecule has 0 aliphatic rings. The SMILES string of the molecule is C=C(C=CC(OC)=C(C)c1ccc2nc(-c3ccc(F)cc3)c(C(=O)NC)n2c1)C(=O)NC(C)(C)c1ccccc1. The van der Waals surface area contributed by atoms with E-state index in [2.05, 4.69) is 22.2 Å². The molecule has 0 saturated carbocycles. The highest BCUT2D eigenvalue weighted by molar-refractivity contribution is 5.99. The average molecular weight is 553 g/mol. The molecule has 2 N–H and O–H groups in total. The molecule has 210 valence electrons. The van der Waals surface area contributed by atoms with Crippen LogP contribution in [0, 0.1) is 5.82 Å². The van der Waals surface area contributed by atoms with Gasteiger partial charge < -0.3 is 15.4 Å². The number of rotatable bonds is 9. The number of hydrogen-bond acceptors (Lipinski definition) is 4. The molecular formula is C33H33FN4O3. The Labute approximate surface area is 239 Å². The number of aromatic nitrogens is 2. The monoisotopic (exact) mass is 552 g/mol. The van der Waals surface area contributed by atoms with Crippen molar-refractivity contribution in [2.45, 2.75) is 26.3 Å². The van der Waals surface area contributed by atoms with Crippen LogP contribution in [-0.2, 0) is 15.1 Å². The Morgan fingerprint density at radius 1 is 1.02 bits per heavy atom. The third kappa shape index (κ3) is 6.27. The third-order valence-corrected chi connectivity index (χ3v) is 6.85. The van der Waals surface area contributed by atoms with Crippen LogP contribution in [0.4, 0.5) is 4.39 Å². The largest absolute Gasteiger partial charge is 0.496 e. The number of benzene rings is 2. The molecule has 4 rings (SSSR count). The minimum absolute atomic E-state index is 0.271. The highest BCUT2D eigenvalue weighted by Gasteiger charge is 2.23. The zero-order chi connectivity index (χ0) is 29.7. The number of hydrogen-bond donors (Lipinski definition) is 2. The fraction of sp³-hybridized carbons (Fsp3) is 0.182. The number of nitrogens with zero attached hydrogens (tertiary/aromatic N) is 2. The van der Waals surface area contributed by atoms with Gasteiger partial charge in [0.25, 0.3) is 11.8 Å². The Morgan fingerprint density at radius 2 is 1.71 bits per heavy atom. The molecule has 0 aliphatic heterocycles. The molecule has 0 radical (unpaired) electrons. The van der Waals surface area contributed by atoms with E-state index in [4.69, 9.17) is 4.74 Å². The van der Waals surface area contributed by atoms with E-state index >= 15 is 0 Å². The number of methoxy groups -OCH3 is 1. The molecule has 2 aromatic carbocycles. The smallest absolute Gasteiger partial charge is 0.270 e. The predicted molar refractivity (Wildman–Crippen MR) is 159 cm³/mol. The summed E-state index contributed by atoms with van der Waals surface area (Å²) in [6, 6.07) is 19.2. The van der Waals surface area contributed by atoms with Crippen LogP contribution in [-0.4, -0.2) is 35.4 Å². The molecule has 0 saturated heterocycles. The van der Waals surface area contributed by atoms with Crippen molar-refractivity contribution in [3.63, 3.8) is 0 Å². The first-order valence-corrected chi connectivity index (χ1v) is 13.1. The topological polar surface area (TPSA) is 84.7 Å². The number of halogens is 1. The lowest BCUT2D eigenvalue weighted by Gasteiger charge is -2.27. The molecule has 7 nitrogen and oxygen atoms in total. The minimum atomic E-state index is -0.583. The number of pyridine rings is 1. The van der Waals surface area contributed by atoms with Gasteiger partial charge in [-0.3, -0.25) is 14.0 Å². The molecule has 0 unspecified atom stereocenters. The molecule has 41 heavy (non-hydrogen) atoms. The van der Waals surface area contributed by atoms with E-state index in [1.54, 1.807) is 55.1 Å². The van der Waals surface area contributed by atoms with Crippen LogP contribution >= 0.6 is 0 Å². The van der Waals surface area contributed by atoms with Crippen LogP contribution in [0.3, 0.4) is 0 Å². The third-order valence-electron chi connectivity index (χ3n) is 6.85. The Morgan fingerprint density at radius 3 is 2.34 bits per heavy atom. The highest BCUT2D eigenvalue weighted by Crippen LogP contribution is 2.28. The number of carbonyl (C=O) groups is 2. The Balaban J connectivity index is 1.64. The Hall–Kier alpha value is -4.98. The second kappa shape index (κ2) is 12.0. The van der Waals surface area contributed by atoms with Gasteiger partial charge in [-0.15, -0.1) is 0 Å². The summed E-state index contributed by atoms with van der Waals surface area (Å²) < 4.78 is 20.9. The maximum absolute atomic E-state index is 13.5. The fourth-order valence-corrected chi connectivity index (χ4v) is 4.44. The summed E-state index contributed by atoms with van der Waals surface area (Å²) in [7, 11) is 3.09. The van der Waals surface area contributed by atoms with Crippen molar-refractivity contribution in [1.82, 2.24) is 20.0 Å². The standard InChI is InChI=1S/C33H33FN4O3/c1-21(31(39)37-33(3,4)25-10-8-7-9-11-25)12-18-27(41-6)22(2)24-15-19-28-36-29(23-13-16-26(34)17-14-23)30(32(40)35-5)38(28)20-24/h7-20H,1H2,2-6H3,(H,35,40)(H,37,39). The van der Waals surface area contributed by atoms with Crippen LogP contribution in [0.1, 0.15) is 42.4 Å². The quantitative estimate of drug-likeness (QED) is 0.151. The van der Waals surface area contributed by atoms with Crippen LogP contribution in [0.5, 0.6) is 0 Å². The second-order valence-corrected chi connectivity index (χ2v) is 10.0. The summed E-state index contributed by atoms with van der Waals surface area (Å²) in [5, 5.41) is 5.68. The van der Waals surface area contributed by atoms with E-state index in [0.29, 0.717) is 28.4 Å². The van der Waals surface area contributed by atoms with E-state index in [0.717, 1.165) is 16.7 Å². The molecule has 0 aliphatic carbocycles. The normalized spacial score (nSPS) is 12.2. The molecule has 4 aromatic rings. The summed E-state index contributed by atoms with van der Waals surface area (Å²) in [5.41, 5.74) is 4.14. The predicted octanol–water partition coefficient (Wildman–Crippen LogP) is 6.04. The van der Waals surface area contributed by atoms with Crippen LogP contribution in [0.15, 0.2) is 103 Å². The summed E-state index contributed by atoms with van der Waals surface area (Å²) in [6.45, 7) is 9.68. The van der Waals surface area contributed by atoms with E-state index in [1.807, 2.05) is 57.2 Å². The zero-order valence-electron chi connectivity index (χ0n) is 23.8. The van der Waals surface area contributed by atoms with Gasteiger partial charge in [0, 0.05) is 24.4 Å². The summed E-state index contributed by atoms with van der Waals surface area (Å²) in [5.74, 6) is -0.488. The van der Waals surface area contributed by atoms with Gasteiger partial charge in [-0.25, -0.2) is 9.37 Å². The first-order chi connectivity index (χ1) is 19.6. The van der Waals surface area contributed by atoms with Crippen molar-refractivity contribution < 1.29 is 18.7 Å². The minimum Gasteiger partial charge on any atom is -0.496 e. The summed E-state index contributed by atoms with van der Waals surface area (Å²) in [4.78, 5) is 30.4. The van der Waals surface area contributed by atoms with Crippen LogP contribution in [0.25, 0.3) is 22.5 Å². The van der Waals surface area contributed by atoms with Gasteiger partial charge in [-0.1, -0.05) is 36.9 Å². The van der Waals surface area contributed by atoms with Gasteiger partial charge in [-0.05, 0) is 86.0 Å². The molecule has 0 spiro atoms. The Bertz CT molecular complexity index is 1670. The molecule has 0 fully saturated rings. The number of allylic oxidation sites excluding steroid dienone is 2. The van der Waals surface area contributed by atoms with Crippen molar-refractivity contribution in [3.05, 3.63) is 126 Å². The van der Waals surface area contributed by atoms with Crippen molar-refractivity contribution >= 4 is 23.0 Å². The lowest BCUT2D eigenvalue weighted by atomic mass is 9.94. The zero-order valence-corrected chi connectivity index (χ0v) is 23.8. The first kappa shape index (κ1) is 29.0. The number of carbonyl (C=O) groups excluding carboxylic acids is 2. The Kier molecular flexibility index (Phi) is 8.52. The van der Waals surface area contributed by atoms with Crippen molar-refractivity contribution in [2.75, 3.05) is 14.2 Å². The van der Waals surface area contributed by atoms with E-state index in [9.17, 15) is 14.0 Å². The van der Waals surface area contributed by atoms with Crippen molar-refractivity contribution in [2.24, 2.45) is 0 Å². The number of imidazole rings is 1. The molecular weight excluding hydrogens is 519 g/mol. The van der Waals surface area contributed by atoms with Crippen LogP contribution in [0.2, 0.25) is 0 Å². The van der Waals surface area contributed by atoms with Crippen molar-refractivity contribution in [3.8, 4) is 11.3 Å². The molecule has 0 atom stereocenters. The highest BCUT2D eigenvalue weighted by atomic mass is 19.1. The number of nitrogens with one attached hydrogen (secondary N) is 2. The molecule has 8 heteroatoms. The lowest BCUT2D eigenvalue weighted by Crippen LogP contribution is -2.41. The second-order valence-electron chi connectivity index (χ2n) is 10.0. The van der Waals surface area contributed by atoms with Gasteiger partial charge in [-0.2, -0.15) is 0 Å².